The monoisotopic (exact) mass is 307 g/mol. The normalized spacial score (nSPS) is 12.0. The molecular formula is C16H18FNO4. The molecule has 1 aromatic carbocycles. The van der Waals surface area contributed by atoms with Crippen LogP contribution in [0.5, 0.6) is 5.75 Å². The molecule has 0 aliphatic heterocycles. The first-order valence-corrected chi connectivity index (χ1v) is 6.98. The summed E-state index contributed by atoms with van der Waals surface area (Å²) in [5.74, 6) is 0.518. The van der Waals surface area contributed by atoms with Crippen LogP contribution in [0.15, 0.2) is 40.8 Å². The Morgan fingerprint density at radius 2 is 2.05 bits per heavy atom. The van der Waals surface area contributed by atoms with Crippen LogP contribution in [-0.2, 0) is 6.61 Å². The molecule has 0 aliphatic carbocycles. The fourth-order valence-electron chi connectivity index (χ4n) is 1.74. The Morgan fingerprint density at radius 1 is 1.32 bits per heavy atom. The number of halogens is 1. The van der Waals surface area contributed by atoms with Gasteiger partial charge in [-0.15, -0.1) is 0 Å². The van der Waals surface area contributed by atoms with Crippen molar-refractivity contribution in [3.63, 3.8) is 0 Å². The number of aliphatic hydroxyl groups is 1. The minimum Gasteiger partial charge on any atom is -0.486 e. The van der Waals surface area contributed by atoms with E-state index in [1.165, 1.54) is 24.3 Å². The summed E-state index contributed by atoms with van der Waals surface area (Å²) in [6.07, 6.45) is 0.0176. The number of furan rings is 1. The van der Waals surface area contributed by atoms with Gasteiger partial charge < -0.3 is 19.6 Å². The molecule has 6 heteroatoms. The highest BCUT2D eigenvalue weighted by Crippen LogP contribution is 2.15. The maximum atomic E-state index is 12.8. The van der Waals surface area contributed by atoms with Gasteiger partial charge in [0.2, 0.25) is 0 Å². The van der Waals surface area contributed by atoms with Crippen molar-refractivity contribution >= 4 is 5.91 Å². The van der Waals surface area contributed by atoms with Crippen LogP contribution in [0.1, 0.15) is 29.7 Å². The number of ether oxygens (including phenoxy) is 1. The van der Waals surface area contributed by atoms with Gasteiger partial charge in [0.15, 0.2) is 5.76 Å². The molecular weight excluding hydrogens is 289 g/mol. The highest BCUT2D eigenvalue weighted by Gasteiger charge is 2.11. The van der Waals surface area contributed by atoms with E-state index in [2.05, 4.69) is 5.32 Å². The molecule has 5 nitrogen and oxygen atoms in total. The van der Waals surface area contributed by atoms with Crippen molar-refractivity contribution in [2.75, 3.05) is 6.54 Å². The number of hydrogen-bond donors (Lipinski definition) is 2. The molecule has 0 radical (unpaired) electrons. The van der Waals surface area contributed by atoms with Gasteiger partial charge in [0, 0.05) is 6.54 Å². The van der Waals surface area contributed by atoms with Gasteiger partial charge in [0.1, 0.15) is 23.9 Å². The molecule has 118 valence electrons. The molecule has 0 saturated heterocycles. The minimum absolute atomic E-state index is 0.145. The van der Waals surface area contributed by atoms with E-state index in [0.717, 1.165) is 0 Å². The lowest BCUT2D eigenvalue weighted by atomic mass is 10.3. The predicted molar refractivity (Wildman–Crippen MR) is 78.1 cm³/mol. The molecule has 0 bridgehead atoms. The van der Waals surface area contributed by atoms with Gasteiger partial charge in [0.25, 0.3) is 5.91 Å². The lowest BCUT2D eigenvalue weighted by molar-refractivity contribution is 0.0914. The first-order chi connectivity index (χ1) is 10.5. The van der Waals surface area contributed by atoms with Crippen molar-refractivity contribution in [3.05, 3.63) is 53.7 Å². The van der Waals surface area contributed by atoms with Crippen molar-refractivity contribution in [1.29, 1.82) is 0 Å². The molecule has 1 aromatic heterocycles. The van der Waals surface area contributed by atoms with E-state index >= 15 is 0 Å². The van der Waals surface area contributed by atoms with Gasteiger partial charge in [-0.1, -0.05) is 0 Å². The Bertz CT molecular complexity index is 607. The van der Waals surface area contributed by atoms with Crippen molar-refractivity contribution in [2.45, 2.75) is 26.1 Å². The minimum atomic E-state index is -0.462. The third-order valence-corrected chi connectivity index (χ3v) is 2.93. The molecule has 0 fully saturated rings. The number of carbonyl (C=O) groups excluding carboxylic acids is 1. The molecule has 2 aromatic rings. The lowest BCUT2D eigenvalue weighted by Crippen LogP contribution is -2.26. The Morgan fingerprint density at radius 3 is 2.73 bits per heavy atom. The van der Waals surface area contributed by atoms with E-state index in [0.29, 0.717) is 24.5 Å². The van der Waals surface area contributed by atoms with E-state index in [1.807, 2.05) is 0 Å². The zero-order valence-electron chi connectivity index (χ0n) is 12.2. The summed E-state index contributed by atoms with van der Waals surface area (Å²) in [6, 6.07) is 8.84. The van der Waals surface area contributed by atoms with Gasteiger partial charge in [-0.3, -0.25) is 4.79 Å². The summed E-state index contributed by atoms with van der Waals surface area (Å²) in [4.78, 5) is 11.8. The number of nitrogens with one attached hydrogen (secondary N) is 1. The first-order valence-electron chi connectivity index (χ1n) is 6.98. The lowest BCUT2D eigenvalue weighted by Gasteiger charge is -2.05. The first kappa shape index (κ1) is 16.0. The smallest absolute Gasteiger partial charge is 0.286 e. The van der Waals surface area contributed by atoms with E-state index in [-0.39, 0.29) is 24.1 Å². The van der Waals surface area contributed by atoms with Crippen molar-refractivity contribution in [3.8, 4) is 5.75 Å². The average molecular weight is 307 g/mol. The predicted octanol–water partition coefficient (Wildman–Crippen LogP) is 2.50. The highest BCUT2D eigenvalue weighted by atomic mass is 19.1. The molecule has 1 heterocycles. The van der Waals surface area contributed by atoms with Crippen LogP contribution in [0.4, 0.5) is 4.39 Å². The summed E-state index contributed by atoms with van der Waals surface area (Å²) >= 11 is 0. The quantitative estimate of drug-likeness (QED) is 0.824. The van der Waals surface area contributed by atoms with E-state index < -0.39 is 6.10 Å². The zero-order valence-corrected chi connectivity index (χ0v) is 12.2. The second-order valence-electron chi connectivity index (χ2n) is 4.90. The van der Waals surface area contributed by atoms with Crippen LogP contribution in [0.2, 0.25) is 0 Å². The van der Waals surface area contributed by atoms with E-state index in [1.54, 1.807) is 19.1 Å². The second kappa shape index (κ2) is 7.61. The van der Waals surface area contributed by atoms with E-state index in [4.69, 9.17) is 14.3 Å². The highest BCUT2D eigenvalue weighted by molar-refractivity contribution is 5.91. The van der Waals surface area contributed by atoms with Crippen LogP contribution in [0, 0.1) is 5.82 Å². The maximum Gasteiger partial charge on any atom is 0.286 e. The third kappa shape index (κ3) is 4.89. The summed E-state index contributed by atoms with van der Waals surface area (Å²) in [5, 5.41) is 11.8. The molecule has 2 N–H and O–H groups in total. The number of amides is 1. The molecule has 22 heavy (non-hydrogen) atoms. The maximum absolute atomic E-state index is 12.8. The van der Waals surface area contributed by atoms with Crippen molar-refractivity contribution < 1.29 is 23.4 Å². The Balaban J connectivity index is 1.83. The van der Waals surface area contributed by atoms with Crippen molar-refractivity contribution in [2.24, 2.45) is 0 Å². The van der Waals surface area contributed by atoms with Crippen LogP contribution in [0.25, 0.3) is 0 Å². The van der Waals surface area contributed by atoms with Gasteiger partial charge in [0.05, 0.1) is 6.10 Å². The van der Waals surface area contributed by atoms with Crippen LogP contribution < -0.4 is 10.1 Å². The fourth-order valence-corrected chi connectivity index (χ4v) is 1.74. The molecule has 1 amide bonds. The number of carbonyl (C=O) groups is 1. The summed E-state index contributed by atoms with van der Waals surface area (Å²) in [5.41, 5.74) is 0. The van der Waals surface area contributed by atoms with E-state index in [9.17, 15) is 9.18 Å². The largest absolute Gasteiger partial charge is 0.486 e. The van der Waals surface area contributed by atoms with Crippen LogP contribution >= 0.6 is 0 Å². The Hall–Kier alpha value is -2.34. The van der Waals surface area contributed by atoms with Crippen LogP contribution in [-0.4, -0.2) is 23.7 Å². The van der Waals surface area contributed by atoms with Crippen molar-refractivity contribution in [1.82, 2.24) is 5.32 Å². The number of rotatable bonds is 7. The molecule has 1 atom stereocenters. The van der Waals surface area contributed by atoms with Crippen LogP contribution in [0.3, 0.4) is 0 Å². The zero-order chi connectivity index (χ0) is 15.9. The van der Waals surface area contributed by atoms with Gasteiger partial charge >= 0.3 is 0 Å². The standard InChI is InChI=1S/C16H18FNO4/c1-11(19)8-9-18-16(20)15-7-6-14(22-15)10-21-13-4-2-12(17)3-5-13/h2-7,11,19H,8-10H2,1H3,(H,18,20). The fraction of sp³-hybridized carbons (Fsp3) is 0.312. The average Bonchev–Trinajstić information content (AvgIpc) is 2.95. The summed E-state index contributed by atoms with van der Waals surface area (Å²) < 4.78 is 23.6. The second-order valence-corrected chi connectivity index (χ2v) is 4.90. The summed E-state index contributed by atoms with van der Waals surface area (Å²) in [7, 11) is 0. The van der Waals surface area contributed by atoms with Gasteiger partial charge in [-0.05, 0) is 49.7 Å². The van der Waals surface area contributed by atoms with Gasteiger partial charge in [-0.25, -0.2) is 4.39 Å². The summed E-state index contributed by atoms with van der Waals surface area (Å²) in [6.45, 7) is 2.18. The van der Waals surface area contributed by atoms with Gasteiger partial charge in [-0.2, -0.15) is 0 Å². The number of aliphatic hydroxyl groups excluding tert-OH is 1. The molecule has 2 rings (SSSR count). The molecule has 0 saturated carbocycles. The Kier molecular flexibility index (Phi) is 5.55. The molecule has 0 aliphatic rings. The third-order valence-electron chi connectivity index (χ3n) is 2.93. The number of hydrogen-bond acceptors (Lipinski definition) is 4. The molecule has 1 unspecified atom stereocenters. The topological polar surface area (TPSA) is 71.7 Å². The number of benzene rings is 1. The Labute approximate surface area is 127 Å². The molecule has 0 spiro atoms. The SMILES string of the molecule is CC(O)CCNC(=O)c1ccc(COc2ccc(F)cc2)o1.